The van der Waals surface area contributed by atoms with Gasteiger partial charge in [-0.1, -0.05) is 23.4 Å². The van der Waals surface area contributed by atoms with E-state index in [-0.39, 0.29) is 11.8 Å². The van der Waals surface area contributed by atoms with Crippen molar-refractivity contribution in [3.8, 4) is 11.5 Å². The molecule has 0 radical (unpaired) electrons. The van der Waals surface area contributed by atoms with E-state index in [0.29, 0.717) is 35.9 Å². The third kappa shape index (κ3) is 4.32. The highest BCUT2D eigenvalue weighted by Gasteiger charge is 2.09. The van der Waals surface area contributed by atoms with E-state index < -0.39 is 0 Å². The highest BCUT2D eigenvalue weighted by Crippen LogP contribution is 2.17. The van der Waals surface area contributed by atoms with Crippen molar-refractivity contribution in [3.63, 3.8) is 0 Å². The van der Waals surface area contributed by atoms with Crippen LogP contribution in [0.2, 0.25) is 0 Å². The molecule has 26 heavy (non-hydrogen) atoms. The predicted molar refractivity (Wildman–Crippen MR) is 95.6 cm³/mol. The molecule has 1 aromatic heterocycles. The van der Waals surface area contributed by atoms with Gasteiger partial charge >= 0.3 is 0 Å². The topological polar surface area (TPSA) is 97.1 Å². The van der Waals surface area contributed by atoms with E-state index in [1.54, 1.807) is 55.5 Å². The van der Waals surface area contributed by atoms with Crippen LogP contribution < -0.4 is 10.6 Å². The van der Waals surface area contributed by atoms with Crippen LogP contribution in [0.1, 0.15) is 26.5 Å². The standard InChI is InChI=1S/C19H18N4O3/c1-13-22-19(26-23-13)16-9-7-15(8-10-16)18(25)21-12-11-20-17(24)14-5-3-2-4-6-14/h2-10H,11-12H2,1H3,(H,20,24)(H,21,25). The summed E-state index contributed by atoms with van der Waals surface area (Å²) in [6.45, 7) is 2.42. The molecule has 2 aromatic carbocycles. The molecule has 0 aliphatic rings. The Morgan fingerprint density at radius 2 is 1.46 bits per heavy atom. The molecule has 0 atom stereocenters. The van der Waals surface area contributed by atoms with Crippen molar-refractivity contribution in [1.29, 1.82) is 0 Å². The zero-order chi connectivity index (χ0) is 18.4. The van der Waals surface area contributed by atoms with Crippen LogP contribution in [-0.4, -0.2) is 35.0 Å². The van der Waals surface area contributed by atoms with Crippen LogP contribution in [0.4, 0.5) is 0 Å². The molecule has 0 aliphatic heterocycles. The fourth-order valence-corrected chi connectivity index (χ4v) is 2.32. The van der Waals surface area contributed by atoms with Crippen LogP contribution in [0.5, 0.6) is 0 Å². The van der Waals surface area contributed by atoms with Crippen LogP contribution >= 0.6 is 0 Å². The van der Waals surface area contributed by atoms with Crippen molar-refractivity contribution in [1.82, 2.24) is 20.8 Å². The molecule has 1 heterocycles. The SMILES string of the molecule is Cc1noc(-c2ccc(C(=O)NCCNC(=O)c3ccccc3)cc2)n1. The molecule has 7 nitrogen and oxygen atoms in total. The summed E-state index contributed by atoms with van der Waals surface area (Å²) < 4.78 is 5.09. The molecule has 0 aliphatic carbocycles. The summed E-state index contributed by atoms with van der Waals surface area (Å²) in [7, 11) is 0. The van der Waals surface area contributed by atoms with Crippen molar-refractivity contribution in [2.75, 3.05) is 13.1 Å². The summed E-state index contributed by atoms with van der Waals surface area (Å²) in [5.41, 5.74) is 1.85. The van der Waals surface area contributed by atoms with Crippen molar-refractivity contribution in [3.05, 3.63) is 71.5 Å². The van der Waals surface area contributed by atoms with Crippen LogP contribution in [-0.2, 0) is 0 Å². The second-order valence-corrected chi connectivity index (χ2v) is 5.60. The fraction of sp³-hybridized carbons (Fsp3) is 0.158. The molecule has 0 unspecified atom stereocenters. The van der Waals surface area contributed by atoms with Gasteiger partial charge in [0.2, 0.25) is 0 Å². The Kier molecular flexibility index (Phi) is 5.38. The third-order valence-electron chi connectivity index (χ3n) is 3.65. The Morgan fingerprint density at radius 1 is 0.885 bits per heavy atom. The van der Waals surface area contributed by atoms with E-state index in [1.165, 1.54) is 0 Å². The number of aromatic nitrogens is 2. The summed E-state index contributed by atoms with van der Waals surface area (Å²) in [5, 5.41) is 9.26. The number of nitrogens with one attached hydrogen (secondary N) is 2. The smallest absolute Gasteiger partial charge is 0.257 e. The minimum Gasteiger partial charge on any atom is -0.350 e. The van der Waals surface area contributed by atoms with Gasteiger partial charge in [-0.15, -0.1) is 0 Å². The first-order chi connectivity index (χ1) is 12.6. The highest BCUT2D eigenvalue weighted by atomic mass is 16.5. The van der Waals surface area contributed by atoms with Crippen LogP contribution in [0.3, 0.4) is 0 Å². The first-order valence-corrected chi connectivity index (χ1v) is 8.15. The molecule has 0 saturated heterocycles. The van der Waals surface area contributed by atoms with E-state index in [4.69, 9.17) is 4.52 Å². The maximum atomic E-state index is 12.1. The Bertz CT molecular complexity index is 889. The minimum atomic E-state index is -0.216. The van der Waals surface area contributed by atoms with Gasteiger partial charge in [-0.25, -0.2) is 0 Å². The van der Waals surface area contributed by atoms with Crippen LogP contribution in [0.15, 0.2) is 59.1 Å². The van der Waals surface area contributed by atoms with Crippen molar-refractivity contribution in [2.45, 2.75) is 6.92 Å². The summed E-state index contributed by atoms with van der Waals surface area (Å²) in [4.78, 5) is 28.2. The number of carbonyl (C=O) groups excluding carboxylic acids is 2. The van der Waals surface area contributed by atoms with E-state index >= 15 is 0 Å². The second kappa shape index (κ2) is 8.06. The molecule has 3 rings (SSSR count). The molecule has 0 spiro atoms. The summed E-state index contributed by atoms with van der Waals surface area (Å²) in [6.07, 6.45) is 0. The largest absolute Gasteiger partial charge is 0.350 e. The van der Waals surface area contributed by atoms with Gasteiger partial charge in [-0.3, -0.25) is 9.59 Å². The number of nitrogens with zero attached hydrogens (tertiary/aromatic N) is 2. The molecule has 0 fully saturated rings. The Balaban J connectivity index is 1.47. The van der Waals surface area contributed by atoms with Crippen molar-refractivity contribution < 1.29 is 14.1 Å². The lowest BCUT2D eigenvalue weighted by molar-refractivity contribution is 0.0927. The van der Waals surface area contributed by atoms with Crippen molar-refractivity contribution in [2.24, 2.45) is 0 Å². The quantitative estimate of drug-likeness (QED) is 0.664. The second-order valence-electron chi connectivity index (χ2n) is 5.60. The van der Waals surface area contributed by atoms with Gasteiger partial charge in [-0.2, -0.15) is 4.98 Å². The predicted octanol–water partition coefficient (Wildman–Crippen LogP) is 2.20. The number of rotatable bonds is 6. The number of amides is 2. The Labute approximate surface area is 150 Å². The first-order valence-electron chi connectivity index (χ1n) is 8.15. The van der Waals surface area contributed by atoms with Gasteiger partial charge in [0.25, 0.3) is 17.7 Å². The molecular weight excluding hydrogens is 332 g/mol. The molecule has 2 amide bonds. The zero-order valence-electron chi connectivity index (χ0n) is 14.2. The lowest BCUT2D eigenvalue weighted by atomic mass is 10.1. The summed E-state index contributed by atoms with van der Waals surface area (Å²) in [5.74, 6) is 0.587. The summed E-state index contributed by atoms with van der Waals surface area (Å²) >= 11 is 0. The highest BCUT2D eigenvalue weighted by molar-refractivity contribution is 5.95. The normalized spacial score (nSPS) is 10.3. The Hall–Kier alpha value is -3.48. The first kappa shape index (κ1) is 17.3. The molecule has 2 N–H and O–H groups in total. The average molecular weight is 350 g/mol. The van der Waals surface area contributed by atoms with Gasteiger partial charge in [0.1, 0.15) is 0 Å². The fourth-order valence-electron chi connectivity index (χ4n) is 2.32. The van der Waals surface area contributed by atoms with Crippen LogP contribution in [0, 0.1) is 6.92 Å². The lowest BCUT2D eigenvalue weighted by Crippen LogP contribution is -2.34. The molecule has 7 heteroatoms. The van der Waals surface area contributed by atoms with E-state index in [2.05, 4.69) is 20.8 Å². The molecule has 0 saturated carbocycles. The van der Waals surface area contributed by atoms with Gasteiger partial charge in [0, 0.05) is 29.8 Å². The lowest BCUT2D eigenvalue weighted by Gasteiger charge is -2.07. The zero-order valence-corrected chi connectivity index (χ0v) is 14.2. The molecule has 132 valence electrons. The summed E-state index contributed by atoms with van der Waals surface area (Å²) in [6, 6.07) is 15.8. The number of carbonyl (C=O) groups is 2. The maximum absolute atomic E-state index is 12.1. The molecule has 0 bridgehead atoms. The van der Waals surface area contributed by atoms with Gasteiger partial charge < -0.3 is 15.2 Å². The van der Waals surface area contributed by atoms with Crippen LogP contribution in [0.25, 0.3) is 11.5 Å². The number of aryl methyl sites for hydroxylation is 1. The molecular formula is C19H18N4O3. The Morgan fingerprint density at radius 3 is 2.00 bits per heavy atom. The van der Waals surface area contributed by atoms with Gasteiger partial charge in [-0.05, 0) is 43.3 Å². The average Bonchev–Trinajstić information content (AvgIpc) is 3.12. The van der Waals surface area contributed by atoms with Gasteiger partial charge in [0.15, 0.2) is 5.82 Å². The third-order valence-corrected chi connectivity index (χ3v) is 3.65. The molecule has 3 aromatic rings. The number of benzene rings is 2. The maximum Gasteiger partial charge on any atom is 0.257 e. The minimum absolute atomic E-state index is 0.168. The van der Waals surface area contributed by atoms with E-state index in [9.17, 15) is 9.59 Å². The van der Waals surface area contributed by atoms with Crippen molar-refractivity contribution >= 4 is 11.8 Å². The monoisotopic (exact) mass is 350 g/mol. The van der Waals surface area contributed by atoms with Gasteiger partial charge in [0.05, 0.1) is 0 Å². The number of hydrogen-bond donors (Lipinski definition) is 2. The van der Waals surface area contributed by atoms with E-state index in [0.717, 1.165) is 5.56 Å². The number of hydrogen-bond acceptors (Lipinski definition) is 5. The van der Waals surface area contributed by atoms with E-state index in [1.807, 2.05) is 6.07 Å².